The molecule has 2 bridgehead atoms. The van der Waals surface area contributed by atoms with Crippen LogP contribution in [0.3, 0.4) is 0 Å². The van der Waals surface area contributed by atoms with E-state index in [2.05, 4.69) is 0 Å². The van der Waals surface area contributed by atoms with E-state index in [1.165, 1.54) is 44.4 Å². The molecule has 1 aromatic carbocycles. The number of hydrogen-bond acceptors (Lipinski definition) is 26. The Morgan fingerprint density at radius 3 is 1.99 bits per heavy atom. The number of ketones is 3. The number of esters is 2. The maximum absolute atomic E-state index is 14.0. The molecule has 101 heavy (non-hydrogen) atoms. The molecule has 0 aromatic heterocycles. The van der Waals surface area contributed by atoms with Gasteiger partial charge in [0.05, 0.1) is 85.3 Å². The van der Waals surface area contributed by atoms with Crippen molar-refractivity contribution in [2.75, 3.05) is 7.11 Å². The molecule has 4 aliphatic heterocycles. The Morgan fingerprint density at radius 1 is 0.723 bits per heavy atom. The van der Waals surface area contributed by atoms with Gasteiger partial charge in [0.15, 0.2) is 17.9 Å². The summed E-state index contributed by atoms with van der Waals surface area (Å²) in [6.45, 7) is 18.7. The summed E-state index contributed by atoms with van der Waals surface area (Å²) in [5, 5.41) is 134. The number of cyclic esters (lactones) is 1. The van der Waals surface area contributed by atoms with Gasteiger partial charge in [-0.3, -0.25) is 23.7 Å². The molecule has 1 unspecified atom stereocenters. The lowest BCUT2D eigenvalue weighted by molar-refractivity contribution is -0.287. The van der Waals surface area contributed by atoms with Crippen LogP contribution in [-0.2, 0) is 57.7 Å². The number of carbonyl (C=O) groups excluding carboxylic acids is 5. The Balaban J connectivity index is 1.13. The highest BCUT2D eigenvalue weighted by Crippen LogP contribution is 2.42. The maximum Gasteiger partial charge on any atom is 0.330 e. The van der Waals surface area contributed by atoms with Crippen LogP contribution < -0.4 is 0 Å². The van der Waals surface area contributed by atoms with Gasteiger partial charge in [-0.2, -0.15) is 8.42 Å². The number of benzene rings is 1. The molecule has 30 atom stereocenters. The third-order valence-electron chi connectivity index (χ3n) is 21.9. The van der Waals surface area contributed by atoms with E-state index in [-0.39, 0.29) is 86.2 Å². The molecular weight excluding hydrogens is 1340 g/mol. The van der Waals surface area contributed by atoms with Crippen LogP contribution in [0, 0.1) is 47.3 Å². The molecule has 0 amide bonds. The molecule has 1 aliphatic carbocycles. The van der Waals surface area contributed by atoms with Crippen molar-refractivity contribution in [1.29, 1.82) is 0 Å². The number of carbonyl (C=O) groups is 5. The van der Waals surface area contributed by atoms with Crippen LogP contribution in [0.15, 0.2) is 42.0 Å². The number of ether oxygens (including phenoxy) is 7. The van der Waals surface area contributed by atoms with E-state index in [4.69, 9.17) is 33.2 Å². The number of aliphatic hydroxyl groups excluding tert-OH is 11. The monoisotopic (exact) mass is 1460 g/mol. The quantitative estimate of drug-likeness (QED) is 0.0626. The molecule has 1 aromatic rings. The summed E-state index contributed by atoms with van der Waals surface area (Å²) in [5.41, 5.74) is 0.867. The second-order valence-electron chi connectivity index (χ2n) is 29.8. The summed E-state index contributed by atoms with van der Waals surface area (Å²) >= 11 is 0. The van der Waals surface area contributed by atoms with Gasteiger partial charge in [0, 0.05) is 65.9 Å². The predicted octanol–water partition coefficient (Wildman–Crippen LogP) is 4.22. The van der Waals surface area contributed by atoms with Crippen molar-refractivity contribution < 1.29 is 131 Å². The van der Waals surface area contributed by atoms with Crippen molar-refractivity contribution in [3.63, 3.8) is 0 Å². The SMILES string of the molecule is CC[C@H](O[C@H]1C[C@@H](OC(=O)[C@H](CC)[C@H](O)c2ccc3c(c2)C(=O)C=C(C)C3=O)[C@H](OC)[C@@H](C)O1)[C@H](C)[C@H](O)[C@@H](C)[C@H](O)[C@H](C)[C@H]1OC(=O)C=C[C@H](C)[C@H](O)C[C@H](O)CCC[C@@H](C)CC[C@@H](C)[C@H](O)C(=O)[C@@]2(O)O[C@@H](C[C@@H](O)C[C@@H](O)C[C@@H](O)CCCC(O)[C@H]3O[C@H]3[C@@H]1C)C[C@H](S(=O)(=O)O)[C@H]2O. The largest absolute Gasteiger partial charge is 0.459 e. The molecule has 28 heteroatoms. The van der Waals surface area contributed by atoms with Gasteiger partial charge in [0.1, 0.15) is 41.9 Å². The predicted molar refractivity (Wildman–Crippen MR) is 364 cm³/mol. The molecule has 13 N–H and O–H groups in total. The van der Waals surface area contributed by atoms with E-state index in [1.54, 1.807) is 55.4 Å². The Hall–Kier alpha value is -4.12. The topological polar surface area (TPSA) is 450 Å². The average Bonchev–Trinajstić information content (AvgIpc) is 1.71. The van der Waals surface area contributed by atoms with Crippen LogP contribution in [0.4, 0.5) is 0 Å². The van der Waals surface area contributed by atoms with Crippen molar-refractivity contribution >= 4 is 39.4 Å². The minimum atomic E-state index is -5.16. The normalized spacial score (nSPS) is 38.0. The number of epoxide rings is 1. The fourth-order valence-electron chi connectivity index (χ4n) is 15.1. The van der Waals surface area contributed by atoms with Crippen molar-refractivity contribution in [2.45, 2.75) is 312 Å². The van der Waals surface area contributed by atoms with Gasteiger partial charge in [0.2, 0.25) is 5.78 Å². The van der Waals surface area contributed by atoms with Crippen molar-refractivity contribution in [3.8, 4) is 0 Å². The van der Waals surface area contributed by atoms with E-state index in [1.807, 2.05) is 13.8 Å². The lowest BCUT2D eigenvalue weighted by Gasteiger charge is -2.44. The molecule has 576 valence electrons. The highest BCUT2D eigenvalue weighted by atomic mass is 32.2. The first-order valence-corrected chi connectivity index (χ1v) is 37.7. The van der Waals surface area contributed by atoms with Crippen LogP contribution in [0.25, 0.3) is 0 Å². The molecule has 0 spiro atoms. The Kier molecular flexibility index (Phi) is 32.2. The van der Waals surface area contributed by atoms with Crippen LogP contribution in [0.5, 0.6) is 0 Å². The second kappa shape index (κ2) is 37.9. The number of aliphatic hydroxyl groups is 12. The van der Waals surface area contributed by atoms with Gasteiger partial charge in [-0.15, -0.1) is 0 Å². The molecule has 27 nitrogen and oxygen atoms in total. The Bertz CT molecular complexity index is 3050. The van der Waals surface area contributed by atoms with Crippen LogP contribution in [-0.4, -0.2) is 238 Å². The molecule has 3 fully saturated rings. The minimum Gasteiger partial charge on any atom is -0.459 e. The van der Waals surface area contributed by atoms with Gasteiger partial charge < -0.3 is 94.4 Å². The molecule has 5 aliphatic rings. The molecule has 3 saturated heterocycles. The zero-order chi connectivity index (χ0) is 75.4. The number of allylic oxidation sites excluding steroid dienone is 2. The number of Topliss-reactive ketones (excluding diaryl/α,β-unsaturated/α-hetero) is 2. The number of fused-ring (bicyclic) bond motifs is 4. The standard InChI is InChI=1S/C73H116O27S/c1-13-50(65(86)44-24-25-51-52(28-44)55(80)27-38(6)61(51)82)72(89)97-57-34-60(95-43(11)68(57)94-12)96-56(14-2)39(7)63(84)40(8)64(85)41(9)66-42(10)67-69(99-67)53(78)20-16-19-45(74)29-47(76)30-48(77)31-49-33-58(101(91,92)93)70(87)73(90,100-49)71(88)62(83)37(5)22-21-35(3)17-15-18-46(75)32-54(79)36(4)23-26-59(81)98-66/h23-28,35-37,39-43,45-50,53-54,56-58,60,62-70,74-79,83-87,90H,13-22,29-34H2,1-12H3,(H,91,92,93)/t35-,36+,37-,39+,40-,41+,42-,43-,45+,46-,47+,48+,49+,50-,53?,54-,56+,57-,58+,60+,62+,63+,64+,65-,66-,67+,68-,69-,70-,73+/m1/s1. The number of rotatable bonds is 16. The zero-order valence-electron chi connectivity index (χ0n) is 60.5. The van der Waals surface area contributed by atoms with E-state index in [0.29, 0.717) is 31.3 Å². The smallest absolute Gasteiger partial charge is 0.330 e. The zero-order valence-corrected chi connectivity index (χ0v) is 61.3. The molecular formula is C73H116O27S. The molecule has 0 saturated carbocycles. The first kappa shape index (κ1) is 85.8. The second-order valence-corrected chi connectivity index (χ2v) is 31.5. The number of methoxy groups -OCH3 is 1. The summed E-state index contributed by atoms with van der Waals surface area (Å²) in [6.07, 6.45) is -19.2. The van der Waals surface area contributed by atoms with E-state index < -0.39 is 228 Å². The Labute approximate surface area is 593 Å². The van der Waals surface area contributed by atoms with Crippen LogP contribution in [0.1, 0.15) is 211 Å². The summed E-state index contributed by atoms with van der Waals surface area (Å²) in [5.74, 6) is -12.9. The molecule has 6 rings (SSSR count). The van der Waals surface area contributed by atoms with E-state index >= 15 is 0 Å². The van der Waals surface area contributed by atoms with Gasteiger partial charge in [-0.25, -0.2) is 4.79 Å². The number of hydrogen-bond donors (Lipinski definition) is 13. The maximum atomic E-state index is 14.0. The van der Waals surface area contributed by atoms with Gasteiger partial charge in [-0.1, -0.05) is 93.7 Å². The lowest BCUT2D eigenvalue weighted by atomic mass is 9.77. The minimum absolute atomic E-state index is 0.0128. The molecule has 0 radical (unpaired) electrons. The highest BCUT2D eigenvalue weighted by molar-refractivity contribution is 7.86. The third kappa shape index (κ3) is 22.5. The summed E-state index contributed by atoms with van der Waals surface area (Å²) in [6, 6.07) is 4.39. The first-order valence-electron chi connectivity index (χ1n) is 36.2. The lowest BCUT2D eigenvalue weighted by Crippen LogP contribution is -2.66. The fourth-order valence-corrected chi connectivity index (χ4v) is 16.1. The van der Waals surface area contributed by atoms with E-state index in [0.717, 1.165) is 6.08 Å². The van der Waals surface area contributed by atoms with Gasteiger partial charge >= 0.3 is 11.9 Å². The fraction of sp³-hybridized carbons (Fsp3) is 0.795. The highest BCUT2D eigenvalue weighted by Gasteiger charge is 2.59. The summed E-state index contributed by atoms with van der Waals surface area (Å²) in [4.78, 5) is 67.4. The van der Waals surface area contributed by atoms with E-state index in [9.17, 15) is 98.2 Å². The van der Waals surface area contributed by atoms with Gasteiger partial charge in [-0.05, 0) is 127 Å². The van der Waals surface area contributed by atoms with Crippen LogP contribution in [0.2, 0.25) is 0 Å². The third-order valence-corrected chi connectivity index (χ3v) is 23.1. The van der Waals surface area contributed by atoms with Crippen LogP contribution >= 0.6 is 0 Å². The van der Waals surface area contributed by atoms with Gasteiger partial charge in [0.25, 0.3) is 15.9 Å². The summed E-state index contributed by atoms with van der Waals surface area (Å²) < 4.78 is 77.6. The van der Waals surface area contributed by atoms with Crippen molar-refractivity contribution in [2.24, 2.45) is 47.3 Å². The van der Waals surface area contributed by atoms with Crippen molar-refractivity contribution in [3.05, 3.63) is 58.7 Å². The Morgan fingerprint density at radius 2 is 1.36 bits per heavy atom. The first-order chi connectivity index (χ1) is 47.3. The summed E-state index contributed by atoms with van der Waals surface area (Å²) in [7, 11) is -3.72. The van der Waals surface area contributed by atoms with Crippen molar-refractivity contribution in [1.82, 2.24) is 0 Å². The molecule has 4 heterocycles. The average molecular weight is 1460 g/mol.